The van der Waals surface area contributed by atoms with Crippen molar-refractivity contribution in [1.29, 1.82) is 0 Å². The number of aromatic amines is 1. The summed E-state index contributed by atoms with van der Waals surface area (Å²) in [5.41, 5.74) is 5.27. The molecule has 1 N–H and O–H groups in total. The lowest BCUT2D eigenvalue weighted by Crippen LogP contribution is -1.93. The van der Waals surface area contributed by atoms with Crippen LogP contribution in [0.3, 0.4) is 0 Å². The Hall–Kier alpha value is -4.00. The van der Waals surface area contributed by atoms with Crippen LogP contribution in [0.1, 0.15) is 0 Å². The fraction of sp³-hybridized carbons (Fsp3) is 0. The van der Waals surface area contributed by atoms with Gasteiger partial charge in [-0.2, -0.15) is 0 Å². The summed E-state index contributed by atoms with van der Waals surface area (Å²) in [5.74, 6) is 0.814. The van der Waals surface area contributed by atoms with Crippen molar-refractivity contribution in [2.75, 3.05) is 0 Å². The smallest absolute Gasteiger partial charge is 0.271 e. The van der Waals surface area contributed by atoms with Gasteiger partial charge >= 0.3 is 0 Å². The molecule has 0 aliphatic carbocycles. The van der Waals surface area contributed by atoms with Crippen LogP contribution in [0.15, 0.2) is 73.1 Å². The van der Waals surface area contributed by atoms with Crippen LogP contribution in [0.2, 0.25) is 0 Å². The lowest BCUT2D eigenvalue weighted by Gasteiger charge is -2.05. The third kappa shape index (κ3) is 2.53. The summed E-state index contributed by atoms with van der Waals surface area (Å²) in [5, 5.41) is 10.9. The molecular formula is C20H13N5O2. The first-order chi connectivity index (χ1) is 13.2. The Labute approximate surface area is 153 Å². The van der Waals surface area contributed by atoms with Gasteiger partial charge in [-0.25, -0.2) is 9.97 Å². The van der Waals surface area contributed by atoms with Gasteiger partial charge in [0.1, 0.15) is 12.2 Å². The highest BCUT2D eigenvalue weighted by Gasteiger charge is 2.11. The SMILES string of the molecule is O=[N+]([O-])c1ccc2c(c1)ncn2-c1ccc(-c2nc3ccccc3[nH]2)cc1. The van der Waals surface area contributed by atoms with Gasteiger partial charge in [0.15, 0.2) is 0 Å². The second-order valence-electron chi connectivity index (χ2n) is 6.19. The molecule has 7 nitrogen and oxygen atoms in total. The molecule has 0 atom stereocenters. The average molecular weight is 355 g/mol. The molecule has 0 saturated carbocycles. The first-order valence-corrected chi connectivity index (χ1v) is 8.36. The lowest BCUT2D eigenvalue weighted by atomic mass is 10.2. The predicted molar refractivity (Wildman–Crippen MR) is 103 cm³/mol. The zero-order valence-corrected chi connectivity index (χ0v) is 14.0. The Balaban J connectivity index is 1.53. The molecular weight excluding hydrogens is 342 g/mol. The van der Waals surface area contributed by atoms with E-state index in [1.54, 1.807) is 12.4 Å². The highest BCUT2D eigenvalue weighted by molar-refractivity contribution is 5.81. The van der Waals surface area contributed by atoms with E-state index in [1.807, 2.05) is 53.1 Å². The van der Waals surface area contributed by atoms with Crippen molar-refractivity contribution in [3.63, 3.8) is 0 Å². The van der Waals surface area contributed by atoms with Crippen LogP contribution in [0.25, 0.3) is 39.1 Å². The third-order valence-electron chi connectivity index (χ3n) is 4.55. The summed E-state index contributed by atoms with van der Waals surface area (Å²) < 4.78 is 1.90. The van der Waals surface area contributed by atoms with E-state index < -0.39 is 4.92 Å². The van der Waals surface area contributed by atoms with Gasteiger partial charge in [0.25, 0.3) is 5.69 Å². The number of hydrogen-bond acceptors (Lipinski definition) is 4. The maximum Gasteiger partial charge on any atom is 0.271 e. The van der Waals surface area contributed by atoms with Gasteiger partial charge in [-0.05, 0) is 42.5 Å². The number of H-pyrrole nitrogens is 1. The number of non-ortho nitro benzene ring substituents is 1. The number of nitro benzene ring substituents is 1. The van der Waals surface area contributed by atoms with Gasteiger partial charge < -0.3 is 4.98 Å². The van der Waals surface area contributed by atoms with Crippen molar-refractivity contribution in [3.05, 3.63) is 83.2 Å². The normalized spacial score (nSPS) is 11.3. The van der Waals surface area contributed by atoms with Crippen LogP contribution >= 0.6 is 0 Å². The van der Waals surface area contributed by atoms with E-state index in [4.69, 9.17) is 0 Å². The molecule has 0 aliphatic rings. The van der Waals surface area contributed by atoms with E-state index in [0.717, 1.165) is 33.6 Å². The topological polar surface area (TPSA) is 89.6 Å². The molecule has 0 fully saturated rings. The average Bonchev–Trinajstić information content (AvgIpc) is 3.31. The number of hydrogen-bond donors (Lipinski definition) is 1. The number of nitrogens with one attached hydrogen (secondary N) is 1. The molecule has 5 aromatic rings. The molecule has 0 radical (unpaired) electrons. The number of benzene rings is 3. The van der Waals surface area contributed by atoms with Crippen molar-refractivity contribution in [3.8, 4) is 17.1 Å². The number of nitro groups is 1. The van der Waals surface area contributed by atoms with Gasteiger partial charge in [-0.1, -0.05) is 12.1 Å². The molecule has 2 aromatic heterocycles. The third-order valence-corrected chi connectivity index (χ3v) is 4.55. The molecule has 7 heteroatoms. The second kappa shape index (κ2) is 5.77. The Kier molecular flexibility index (Phi) is 3.26. The van der Waals surface area contributed by atoms with Crippen molar-refractivity contribution < 1.29 is 4.92 Å². The molecule has 0 unspecified atom stereocenters. The first-order valence-electron chi connectivity index (χ1n) is 8.36. The van der Waals surface area contributed by atoms with Crippen LogP contribution < -0.4 is 0 Å². The molecule has 0 amide bonds. The lowest BCUT2D eigenvalue weighted by molar-refractivity contribution is -0.384. The van der Waals surface area contributed by atoms with E-state index in [0.29, 0.717) is 5.52 Å². The standard InChI is InChI=1S/C20H13N5O2/c26-25(27)15-9-10-19-18(11-15)21-12-24(19)14-7-5-13(6-8-14)20-22-16-3-1-2-4-17(16)23-20/h1-12H,(H,22,23). The van der Waals surface area contributed by atoms with Crippen LogP contribution in [0.4, 0.5) is 5.69 Å². The highest BCUT2D eigenvalue weighted by atomic mass is 16.6. The largest absolute Gasteiger partial charge is 0.338 e. The molecule has 130 valence electrons. The number of aromatic nitrogens is 4. The van der Waals surface area contributed by atoms with Crippen molar-refractivity contribution in [2.45, 2.75) is 0 Å². The van der Waals surface area contributed by atoms with Crippen molar-refractivity contribution in [1.82, 2.24) is 19.5 Å². The molecule has 27 heavy (non-hydrogen) atoms. The maximum absolute atomic E-state index is 10.9. The van der Waals surface area contributed by atoms with E-state index in [9.17, 15) is 10.1 Å². The van der Waals surface area contributed by atoms with Gasteiger partial charge in [0.05, 0.1) is 27.0 Å². The van der Waals surface area contributed by atoms with E-state index in [2.05, 4.69) is 15.0 Å². The van der Waals surface area contributed by atoms with Gasteiger partial charge in [-0.15, -0.1) is 0 Å². The number of imidazole rings is 2. The monoisotopic (exact) mass is 355 g/mol. The molecule has 3 aromatic carbocycles. The second-order valence-corrected chi connectivity index (χ2v) is 6.19. The van der Waals surface area contributed by atoms with Gasteiger partial charge in [0.2, 0.25) is 0 Å². The minimum absolute atomic E-state index is 0.0352. The van der Waals surface area contributed by atoms with Crippen molar-refractivity contribution in [2.24, 2.45) is 0 Å². The Morgan fingerprint density at radius 2 is 1.78 bits per heavy atom. The molecule has 0 aliphatic heterocycles. The number of para-hydroxylation sites is 2. The molecule has 2 heterocycles. The van der Waals surface area contributed by atoms with Gasteiger partial charge in [0, 0.05) is 23.4 Å². The molecule has 0 spiro atoms. The quantitative estimate of drug-likeness (QED) is 0.382. The summed E-state index contributed by atoms with van der Waals surface area (Å²) in [6.45, 7) is 0. The van der Waals surface area contributed by atoms with Crippen molar-refractivity contribution >= 4 is 27.8 Å². The van der Waals surface area contributed by atoms with Gasteiger partial charge in [-0.3, -0.25) is 14.7 Å². The summed E-state index contributed by atoms with van der Waals surface area (Å²) in [6, 6.07) is 20.5. The van der Waals surface area contributed by atoms with E-state index in [1.165, 1.54) is 12.1 Å². The fourth-order valence-electron chi connectivity index (χ4n) is 3.19. The molecule has 0 saturated heterocycles. The number of nitrogens with zero attached hydrogens (tertiary/aromatic N) is 4. The van der Waals surface area contributed by atoms with E-state index in [-0.39, 0.29) is 5.69 Å². The zero-order valence-electron chi connectivity index (χ0n) is 14.0. The predicted octanol–water partition coefficient (Wildman–Crippen LogP) is 4.48. The van der Waals surface area contributed by atoms with Crippen LogP contribution in [-0.4, -0.2) is 24.4 Å². The number of rotatable bonds is 3. The number of fused-ring (bicyclic) bond motifs is 2. The fourth-order valence-corrected chi connectivity index (χ4v) is 3.19. The Bertz CT molecular complexity index is 1270. The summed E-state index contributed by atoms with van der Waals surface area (Å²) in [7, 11) is 0. The molecule has 5 rings (SSSR count). The Morgan fingerprint density at radius 1 is 0.963 bits per heavy atom. The highest BCUT2D eigenvalue weighted by Crippen LogP contribution is 2.25. The Morgan fingerprint density at radius 3 is 2.56 bits per heavy atom. The van der Waals surface area contributed by atoms with Crippen LogP contribution in [-0.2, 0) is 0 Å². The van der Waals surface area contributed by atoms with Crippen LogP contribution in [0.5, 0.6) is 0 Å². The minimum atomic E-state index is -0.416. The summed E-state index contributed by atoms with van der Waals surface area (Å²) in [6.07, 6.45) is 1.67. The summed E-state index contributed by atoms with van der Waals surface area (Å²) >= 11 is 0. The summed E-state index contributed by atoms with van der Waals surface area (Å²) in [4.78, 5) is 22.7. The molecule has 0 bridgehead atoms. The zero-order chi connectivity index (χ0) is 18.4. The van der Waals surface area contributed by atoms with Crippen LogP contribution in [0, 0.1) is 10.1 Å². The first kappa shape index (κ1) is 15.3. The van der Waals surface area contributed by atoms with E-state index >= 15 is 0 Å². The maximum atomic E-state index is 10.9. The minimum Gasteiger partial charge on any atom is -0.338 e.